The summed E-state index contributed by atoms with van der Waals surface area (Å²) in [5, 5.41) is 3.25. The van der Waals surface area contributed by atoms with Crippen LogP contribution in [0.4, 0.5) is 5.69 Å². The minimum atomic E-state index is -4.18. The number of aryl methyl sites for hydroxylation is 1. The maximum atomic E-state index is 14.7. The van der Waals surface area contributed by atoms with Gasteiger partial charge in [-0.05, 0) is 74.2 Å². The molecule has 4 aromatic rings. The molecule has 2 amide bonds. The zero-order chi connectivity index (χ0) is 33.9. The zero-order valence-electron chi connectivity index (χ0n) is 27.8. The zero-order valence-corrected chi connectivity index (χ0v) is 28.6. The van der Waals surface area contributed by atoms with Gasteiger partial charge in [-0.15, -0.1) is 0 Å². The number of carbonyl (C=O) groups excluding carboxylic acids is 2. The summed E-state index contributed by atoms with van der Waals surface area (Å²) in [6.45, 7) is 3.86. The Balaban J connectivity index is 1.55. The quantitative estimate of drug-likeness (QED) is 0.162. The fourth-order valence-corrected chi connectivity index (χ4v) is 7.53. The Kier molecular flexibility index (Phi) is 11.9. The molecule has 1 atom stereocenters. The maximum Gasteiger partial charge on any atom is 0.264 e. The van der Waals surface area contributed by atoms with E-state index in [1.54, 1.807) is 53.4 Å². The molecule has 1 N–H and O–H groups in total. The number of carbonyl (C=O) groups is 2. The fraction of sp³-hybridized carbons (Fsp3) is 0.333. The summed E-state index contributed by atoms with van der Waals surface area (Å²) >= 11 is 0. The predicted molar refractivity (Wildman–Crippen MR) is 189 cm³/mol. The highest BCUT2D eigenvalue weighted by molar-refractivity contribution is 7.92. The van der Waals surface area contributed by atoms with Crippen molar-refractivity contribution in [1.29, 1.82) is 0 Å². The molecule has 0 saturated heterocycles. The van der Waals surface area contributed by atoms with Crippen LogP contribution in [0, 0.1) is 6.92 Å². The number of rotatable bonds is 14. The second kappa shape index (κ2) is 16.5. The van der Waals surface area contributed by atoms with Crippen molar-refractivity contribution in [3.8, 4) is 5.75 Å². The van der Waals surface area contributed by atoms with Crippen molar-refractivity contribution in [2.24, 2.45) is 0 Å². The minimum absolute atomic E-state index is 0.0421. The lowest BCUT2D eigenvalue weighted by molar-refractivity contribution is -0.140. The first-order valence-corrected chi connectivity index (χ1v) is 18.2. The van der Waals surface area contributed by atoms with Crippen LogP contribution in [0.3, 0.4) is 0 Å². The second-order valence-electron chi connectivity index (χ2n) is 12.3. The molecule has 0 aliphatic heterocycles. The number of hydrogen-bond acceptors (Lipinski definition) is 5. The van der Waals surface area contributed by atoms with E-state index in [0.717, 1.165) is 53.1 Å². The third kappa shape index (κ3) is 9.04. The Labute approximate surface area is 284 Å². The summed E-state index contributed by atoms with van der Waals surface area (Å²) in [6.07, 6.45) is 5.33. The van der Waals surface area contributed by atoms with E-state index in [-0.39, 0.29) is 29.8 Å². The van der Waals surface area contributed by atoms with E-state index in [9.17, 15) is 18.0 Å². The van der Waals surface area contributed by atoms with Gasteiger partial charge in [-0.3, -0.25) is 13.9 Å². The van der Waals surface area contributed by atoms with E-state index in [0.29, 0.717) is 18.0 Å². The van der Waals surface area contributed by atoms with Crippen molar-refractivity contribution < 1.29 is 22.7 Å². The van der Waals surface area contributed by atoms with Gasteiger partial charge in [0.25, 0.3) is 10.0 Å². The molecule has 0 aromatic heterocycles. The fourth-order valence-electron chi connectivity index (χ4n) is 6.12. The molecular weight excluding hydrogens is 623 g/mol. The van der Waals surface area contributed by atoms with Crippen LogP contribution in [0.1, 0.15) is 55.7 Å². The lowest BCUT2D eigenvalue weighted by Gasteiger charge is -2.35. The largest absolute Gasteiger partial charge is 0.494 e. The number of hydrogen-bond donors (Lipinski definition) is 1. The van der Waals surface area contributed by atoms with Gasteiger partial charge in [0.2, 0.25) is 11.8 Å². The molecular formula is C39H45N3O5S. The van der Waals surface area contributed by atoms with Crippen molar-refractivity contribution in [3.63, 3.8) is 0 Å². The van der Waals surface area contributed by atoms with Gasteiger partial charge >= 0.3 is 0 Å². The van der Waals surface area contributed by atoms with Crippen LogP contribution < -0.4 is 14.4 Å². The number of amides is 2. The van der Waals surface area contributed by atoms with Crippen molar-refractivity contribution in [1.82, 2.24) is 10.2 Å². The number of benzene rings is 4. The molecule has 0 unspecified atom stereocenters. The molecule has 252 valence electrons. The van der Waals surface area contributed by atoms with Crippen LogP contribution in [0.5, 0.6) is 5.75 Å². The third-order valence-electron chi connectivity index (χ3n) is 8.74. The predicted octanol–water partition coefficient (Wildman–Crippen LogP) is 6.68. The molecule has 8 nitrogen and oxygen atoms in total. The van der Waals surface area contributed by atoms with Crippen LogP contribution >= 0.6 is 0 Å². The summed E-state index contributed by atoms with van der Waals surface area (Å²) in [5.41, 5.74) is 2.98. The number of anilines is 1. The molecule has 5 rings (SSSR count). The SMILES string of the molecule is CCOc1ccc(N(CC(=O)N(Cc2ccccc2)[C@H](Cc2ccccc2)C(=O)NC2CCCCC2)S(=O)(=O)c2ccc(C)cc2)cc1. The summed E-state index contributed by atoms with van der Waals surface area (Å²) in [5.74, 6) is -0.125. The highest BCUT2D eigenvalue weighted by Gasteiger charge is 2.35. The van der Waals surface area contributed by atoms with Crippen LogP contribution in [-0.2, 0) is 32.6 Å². The minimum Gasteiger partial charge on any atom is -0.494 e. The molecule has 0 radical (unpaired) electrons. The van der Waals surface area contributed by atoms with Gasteiger partial charge in [-0.25, -0.2) is 8.42 Å². The van der Waals surface area contributed by atoms with Gasteiger partial charge in [-0.1, -0.05) is 97.6 Å². The highest BCUT2D eigenvalue weighted by atomic mass is 32.2. The van der Waals surface area contributed by atoms with Gasteiger partial charge in [0.15, 0.2) is 0 Å². The average molecular weight is 668 g/mol. The van der Waals surface area contributed by atoms with Crippen molar-refractivity contribution in [3.05, 3.63) is 126 Å². The van der Waals surface area contributed by atoms with Gasteiger partial charge in [0.1, 0.15) is 18.3 Å². The van der Waals surface area contributed by atoms with E-state index >= 15 is 0 Å². The Bertz CT molecular complexity index is 1720. The van der Waals surface area contributed by atoms with E-state index in [4.69, 9.17) is 4.74 Å². The van der Waals surface area contributed by atoms with Gasteiger partial charge in [0, 0.05) is 19.0 Å². The van der Waals surface area contributed by atoms with E-state index in [1.807, 2.05) is 74.5 Å². The second-order valence-corrected chi connectivity index (χ2v) is 14.2. The smallest absolute Gasteiger partial charge is 0.264 e. The Morgan fingerprint density at radius 3 is 2.02 bits per heavy atom. The first-order chi connectivity index (χ1) is 23.2. The van der Waals surface area contributed by atoms with Gasteiger partial charge in [-0.2, -0.15) is 0 Å². The molecule has 9 heteroatoms. The summed E-state index contributed by atoms with van der Waals surface area (Å²) in [6, 6.07) is 31.5. The number of sulfonamides is 1. The first-order valence-electron chi connectivity index (χ1n) is 16.7. The number of ether oxygens (including phenoxy) is 1. The Hall–Kier alpha value is -4.63. The lowest BCUT2D eigenvalue weighted by atomic mass is 9.94. The van der Waals surface area contributed by atoms with Crippen LogP contribution in [0.25, 0.3) is 0 Å². The van der Waals surface area contributed by atoms with Crippen molar-refractivity contribution in [2.75, 3.05) is 17.5 Å². The highest BCUT2D eigenvalue weighted by Crippen LogP contribution is 2.27. The molecule has 1 fully saturated rings. The van der Waals surface area contributed by atoms with Crippen molar-refractivity contribution in [2.45, 2.75) is 75.9 Å². The lowest BCUT2D eigenvalue weighted by Crippen LogP contribution is -2.55. The molecule has 1 saturated carbocycles. The first kappa shape index (κ1) is 34.7. The maximum absolute atomic E-state index is 14.7. The van der Waals surface area contributed by atoms with Gasteiger partial charge < -0.3 is 15.0 Å². The molecule has 1 aliphatic rings. The summed E-state index contributed by atoms with van der Waals surface area (Å²) in [7, 11) is -4.18. The van der Waals surface area contributed by atoms with Crippen molar-refractivity contribution >= 4 is 27.5 Å². The monoisotopic (exact) mass is 667 g/mol. The van der Waals surface area contributed by atoms with E-state index < -0.39 is 28.5 Å². The molecule has 0 heterocycles. The number of nitrogens with one attached hydrogen (secondary N) is 1. The van der Waals surface area contributed by atoms with Crippen LogP contribution in [0.15, 0.2) is 114 Å². The normalized spacial score (nSPS) is 14.1. The average Bonchev–Trinajstić information content (AvgIpc) is 3.10. The van der Waals surface area contributed by atoms with E-state index in [2.05, 4.69) is 5.32 Å². The standard InChI is InChI=1S/C39H45N3O5S/c1-3-47-35-23-21-34(22-24-35)42(48(45,46)36-25-19-30(2)20-26-36)29-38(43)41(28-32-15-9-5-10-16-32)37(27-31-13-7-4-8-14-31)39(44)40-33-17-11-6-12-18-33/h4-5,7-10,13-16,19-26,33,37H,3,6,11-12,17-18,27-29H2,1-2H3,(H,40,44)/t37-/m1/s1. The number of nitrogens with zero attached hydrogens (tertiary/aromatic N) is 2. The molecule has 1 aliphatic carbocycles. The Morgan fingerprint density at radius 1 is 0.812 bits per heavy atom. The summed E-state index contributed by atoms with van der Waals surface area (Å²) < 4.78 is 35.3. The topological polar surface area (TPSA) is 96.0 Å². The van der Waals surface area contributed by atoms with Crippen LogP contribution in [-0.4, -0.2) is 50.4 Å². The molecule has 0 bridgehead atoms. The van der Waals surface area contributed by atoms with Crippen LogP contribution in [0.2, 0.25) is 0 Å². The molecule has 4 aromatic carbocycles. The third-order valence-corrected chi connectivity index (χ3v) is 10.5. The van der Waals surface area contributed by atoms with E-state index in [1.165, 1.54) is 0 Å². The Morgan fingerprint density at radius 2 is 1.42 bits per heavy atom. The summed E-state index contributed by atoms with van der Waals surface area (Å²) in [4.78, 5) is 30.5. The van der Waals surface area contributed by atoms with Gasteiger partial charge in [0.05, 0.1) is 17.2 Å². The molecule has 0 spiro atoms. The molecule has 48 heavy (non-hydrogen) atoms.